The highest BCUT2D eigenvalue weighted by molar-refractivity contribution is 5.76. The minimum absolute atomic E-state index is 0.0936. The number of aryl methyl sites for hydroxylation is 4. The van der Waals surface area contributed by atoms with Crippen LogP contribution in [0.3, 0.4) is 0 Å². The molecule has 0 saturated heterocycles. The van der Waals surface area contributed by atoms with Gasteiger partial charge in [0.25, 0.3) is 0 Å². The van der Waals surface area contributed by atoms with Gasteiger partial charge < -0.3 is 9.88 Å². The van der Waals surface area contributed by atoms with Crippen LogP contribution in [0.25, 0.3) is 0 Å². The Kier molecular flexibility index (Phi) is 3.77. The van der Waals surface area contributed by atoms with Gasteiger partial charge in [0.15, 0.2) is 0 Å². The van der Waals surface area contributed by atoms with Crippen molar-refractivity contribution in [2.75, 3.05) is 0 Å². The molecule has 0 unspecified atom stereocenters. The lowest BCUT2D eigenvalue weighted by atomic mass is 10.1. The van der Waals surface area contributed by atoms with Crippen LogP contribution in [0.4, 0.5) is 0 Å². The fourth-order valence-electron chi connectivity index (χ4n) is 2.89. The molecule has 6 nitrogen and oxygen atoms in total. The summed E-state index contributed by atoms with van der Waals surface area (Å²) < 4.78 is 4.01. The Labute approximate surface area is 124 Å². The van der Waals surface area contributed by atoms with Crippen molar-refractivity contribution in [2.45, 2.75) is 52.2 Å². The molecule has 21 heavy (non-hydrogen) atoms. The fourth-order valence-corrected chi connectivity index (χ4v) is 2.89. The van der Waals surface area contributed by atoms with E-state index in [0.717, 1.165) is 36.6 Å². The van der Waals surface area contributed by atoms with Gasteiger partial charge in [-0.05, 0) is 26.3 Å². The molecule has 1 atom stereocenters. The van der Waals surface area contributed by atoms with Gasteiger partial charge in [0, 0.05) is 50.1 Å². The molecule has 6 heteroatoms. The summed E-state index contributed by atoms with van der Waals surface area (Å²) in [4.78, 5) is 16.4. The maximum atomic E-state index is 12.1. The smallest absolute Gasteiger partial charge is 0.222 e. The van der Waals surface area contributed by atoms with Crippen LogP contribution in [-0.4, -0.2) is 31.3 Å². The summed E-state index contributed by atoms with van der Waals surface area (Å²) >= 11 is 0. The number of aromatic nitrogens is 4. The highest BCUT2D eigenvalue weighted by atomic mass is 16.1. The molecule has 0 saturated carbocycles. The Hall–Kier alpha value is -2.11. The second kappa shape index (κ2) is 5.71. The Morgan fingerprint density at radius 3 is 3.10 bits per heavy atom. The summed E-state index contributed by atoms with van der Waals surface area (Å²) in [5, 5.41) is 7.49. The largest absolute Gasteiger partial charge is 0.352 e. The van der Waals surface area contributed by atoms with Gasteiger partial charge in [0.05, 0.1) is 5.69 Å². The standard InChI is InChI=1S/C15H21N5O/c1-11-9-12(2)20(18-11)7-5-15(21)17-13-3-4-14-16-6-8-19(14)10-13/h6,8-9,13H,3-5,7,10H2,1-2H3,(H,17,21)/t13-/m0/s1. The SMILES string of the molecule is Cc1cc(C)n(CCC(=O)N[C@H]2CCc3nccn3C2)n1. The lowest BCUT2D eigenvalue weighted by Crippen LogP contribution is -2.41. The van der Waals surface area contributed by atoms with Crippen molar-refractivity contribution in [2.24, 2.45) is 0 Å². The third-order valence-electron chi connectivity index (χ3n) is 3.95. The number of nitrogens with one attached hydrogen (secondary N) is 1. The van der Waals surface area contributed by atoms with E-state index in [1.165, 1.54) is 0 Å². The number of imidazole rings is 1. The summed E-state index contributed by atoms with van der Waals surface area (Å²) in [5.41, 5.74) is 2.09. The Morgan fingerprint density at radius 2 is 2.33 bits per heavy atom. The topological polar surface area (TPSA) is 64.7 Å². The summed E-state index contributed by atoms with van der Waals surface area (Å²) in [6.07, 6.45) is 6.15. The first kappa shape index (κ1) is 13.9. The summed E-state index contributed by atoms with van der Waals surface area (Å²) in [7, 11) is 0. The molecule has 1 aliphatic heterocycles. The summed E-state index contributed by atoms with van der Waals surface area (Å²) in [6.45, 7) is 5.43. The van der Waals surface area contributed by atoms with Crippen LogP contribution in [-0.2, 0) is 24.3 Å². The molecule has 0 spiro atoms. The molecule has 1 N–H and O–H groups in total. The van der Waals surface area contributed by atoms with E-state index in [0.29, 0.717) is 13.0 Å². The van der Waals surface area contributed by atoms with Gasteiger partial charge >= 0.3 is 0 Å². The van der Waals surface area contributed by atoms with E-state index in [2.05, 4.69) is 20.0 Å². The summed E-state index contributed by atoms with van der Waals surface area (Å²) in [6, 6.07) is 2.24. The van der Waals surface area contributed by atoms with Crippen molar-refractivity contribution >= 4 is 5.91 Å². The van der Waals surface area contributed by atoms with E-state index in [9.17, 15) is 4.79 Å². The molecule has 0 bridgehead atoms. The molecule has 0 fully saturated rings. The minimum atomic E-state index is 0.0936. The molecule has 112 valence electrons. The first-order valence-electron chi connectivity index (χ1n) is 7.42. The predicted octanol–water partition coefficient (Wildman–Crippen LogP) is 1.22. The van der Waals surface area contributed by atoms with Crippen molar-refractivity contribution in [3.63, 3.8) is 0 Å². The molecule has 0 aliphatic carbocycles. The van der Waals surface area contributed by atoms with E-state index in [1.807, 2.05) is 37.0 Å². The zero-order chi connectivity index (χ0) is 14.8. The van der Waals surface area contributed by atoms with Crippen molar-refractivity contribution in [1.29, 1.82) is 0 Å². The van der Waals surface area contributed by atoms with Gasteiger partial charge in [-0.1, -0.05) is 0 Å². The number of hydrogen-bond donors (Lipinski definition) is 1. The normalized spacial score (nSPS) is 17.5. The average Bonchev–Trinajstić information content (AvgIpc) is 3.02. The maximum absolute atomic E-state index is 12.1. The molecule has 1 amide bonds. The van der Waals surface area contributed by atoms with Crippen LogP contribution in [0, 0.1) is 13.8 Å². The number of amides is 1. The molecule has 1 aliphatic rings. The van der Waals surface area contributed by atoms with Gasteiger partial charge in [-0.25, -0.2) is 4.98 Å². The monoisotopic (exact) mass is 287 g/mol. The minimum Gasteiger partial charge on any atom is -0.352 e. The number of carbonyl (C=O) groups excluding carboxylic acids is 1. The molecular formula is C15H21N5O. The Morgan fingerprint density at radius 1 is 1.48 bits per heavy atom. The quantitative estimate of drug-likeness (QED) is 0.919. The van der Waals surface area contributed by atoms with Gasteiger partial charge in [0.2, 0.25) is 5.91 Å². The van der Waals surface area contributed by atoms with Crippen LogP contribution < -0.4 is 5.32 Å². The van der Waals surface area contributed by atoms with E-state index < -0.39 is 0 Å². The zero-order valence-corrected chi connectivity index (χ0v) is 12.5. The Bertz CT molecular complexity index is 642. The number of carbonyl (C=O) groups is 1. The lowest BCUT2D eigenvalue weighted by Gasteiger charge is -2.24. The average molecular weight is 287 g/mol. The van der Waals surface area contributed by atoms with Crippen LogP contribution in [0.1, 0.15) is 30.1 Å². The van der Waals surface area contributed by atoms with E-state index in [-0.39, 0.29) is 11.9 Å². The van der Waals surface area contributed by atoms with E-state index in [4.69, 9.17) is 0 Å². The third kappa shape index (κ3) is 3.15. The second-order valence-corrected chi connectivity index (χ2v) is 5.70. The van der Waals surface area contributed by atoms with Gasteiger partial charge in [0.1, 0.15) is 5.82 Å². The third-order valence-corrected chi connectivity index (χ3v) is 3.95. The lowest BCUT2D eigenvalue weighted by molar-refractivity contribution is -0.122. The number of hydrogen-bond acceptors (Lipinski definition) is 3. The molecule has 0 radical (unpaired) electrons. The van der Waals surface area contributed by atoms with Crippen molar-refractivity contribution in [3.05, 3.63) is 35.7 Å². The van der Waals surface area contributed by atoms with Crippen LogP contribution in [0.2, 0.25) is 0 Å². The van der Waals surface area contributed by atoms with Gasteiger partial charge in [-0.15, -0.1) is 0 Å². The molecule has 2 aromatic heterocycles. The first-order valence-corrected chi connectivity index (χ1v) is 7.42. The van der Waals surface area contributed by atoms with Crippen LogP contribution in [0.5, 0.6) is 0 Å². The molecule has 3 rings (SSSR count). The second-order valence-electron chi connectivity index (χ2n) is 5.70. The summed E-state index contributed by atoms with van der Waals surface area (Å²) in [5.74, 6) is 1.21. The highest BCUT2D eigenvalue weighted by Crippen LogP contribution is 2.13. The van der Waals surface area contributed by atoms with E-state index in [1.54, 1.807) is 0 Å². The number of rotatable bonds is 4. The predicted molar refractivity (Wildman–Crippen MR) is 78.8 cm³/mol. The van der Waals surface area contributed by atoms with E-state index >= 15 is 0 Å². The van der Waals surface area contributed by atoms with Gasteiger partial charge in [-0.3, -0.25) is 9.48 Å². The van der Waals surface area contributed by atoms with Gasteiger partial charge in [-0.2, -0.15) is 5.10 Å². The van der Waals surface area contributed by atoms with Crippen molar-refractivity contribution < 1.29 is 4.79 Å². The molecule has 3 heterocycles. The molecular weight excluding hydrogens is 266 g/mol. The zero-order valence-electron chi connectivity index (χ0n) is 12.5. The Balaban J connectivity index is 1.50. The molecule has 0 aromatic carbocycles. The van der Waals surface area contributed by atoms with Crippen molar-refractivity contribution in [3.8, 4) is 0 Å². The number of fused-ring (bicyclic) bond motifs is 1. The fraction of sp³-hybridized carbons (Fsp3) is 0.533. The highest BCUT2D eigenvalue weighted by Gasteiger charge is 2.20. The first-order chi connectivity index (χ1) is 10.1. The molecule has 2 aromatic rings. The maximum Gasteiger partial charge on any atom is 0.222 e. The van der Waals surface area contributed by atoms with Crippen LogP contribution in [0.15, 0.2) is 18.5 Å². The number of nitrogens with zero attached hydrogens (tertiary/aromatic N) is 4. The van der Waals surface area contributed by atoms with Crippen LogP contribution >= 0.6 is 0 Å². The van der Waals surface area contributed by atoms with Crippen molar-refractivity contribution in [1.82, 2.24) is 24.6 Å².